The second kappa shape index (κ2) is 7.99. The molecule has 0 atom stereocenters. The van der Waals surface area contributed by atoms with Crippen LogP contribution in [0, 0.1) is 18.8 Å². The molecule has 2 nitrogen and oxygen atoms in total. The van der Waals surface area contributed by atoms with Crippen molar-refractivity contribution in [1.29, 1.82) is 0 Å². The molecule has 0 bridgehead atoms. The second-order valence-corrected chi connectivity index (χ2v) is 6.23. The van der Waals surface area contributed by atoms with Gasteiger partial charge < -0.3 is 5.11 Å². The van der Waals surface area contributed by atoms with Crippen LogP contribution in [0.15, 0.2) is 35.7 Å². The molecule has 0 fully saturated rings. The fourth-order valence-corrected chi connectivity index (χ4v) is 2.97. The van der Waals surface area contributed by atoms with Gasteiger partial charge in [0.2, 0.25) is 0 Å². The molecule has 1 heterocycles. The predicted octanol–water partition coefficient (Wildman–Crippen LogP) is 3.42. The van der Waals surface area contributed by atoms with Crippen molar-refractivity contribution in [1.82, 2.24) is 4.90 Å². The molecule has 1 aromatic carbocycles. The maximum atomic E-state index is 8.72. The van der Waals surface area contributed by atoms with E-state index in [1.165, 1.54) is 16.0 Å². The van der Waals surface area contributed by atoms with E-state index in [0.29, 0.717) is 6.42 Å². The van der Waals surface area contributed by atoms with Crippen LogP contribution in [0.3, 0.4) is 0 Å². The van der Waals surface area contributed by atoms with Gasteiger partial charge in [0.05, 0.1) is 6.61 Å². The smallest absolute Gasteiger partial charge is 0.0540 e. The van der Waals surface area contributed by atoms with E-state index in [2.05, 4.69) is 66.4 Å². The van der Waals surface area contributed by atoms with Crippen molar-refractivity contribution in [2.45, 2.75) is 26.4 Å². The third-order valence-corrected chi connectivity index (χ3v) is 4.04. The molecule has 3 heteroatoms. The quantitative estimate of drug-likeness (QED) is 0.855. The lowest BCUT2D eigenvalue weighted by Gasteiger charge is -2.15. The van der Waals surface area contributed by atoms with Crippen LogP contribution in [0.4, 0.5) is 0 Å². The Morgan fingerprint density at radius 2 is 1.95 bits per heavy atom. The van der Waals surface area contributed by atoms with Gasteiger partial charge in [-0.1, -0.05) is 41.7 Å². The first-order chi connectivity index (χ1) is 10.2. The summed E-state index contributed by atoms with van der Waals surface area (Å²) in [5.74, 6) is 6.03. The van der Waals surface area contributed by atoms with Gasteiger partial charge in [0.1, 0.15) is 0 Å². The van der Waals surface area contributed by atoms with Gasteiger partial charge in [-0.05, 0) is 25.6 Å². The van der Waals surface area contributed by atoms with Crippen molar-refractivity contribution in [2.24, 2.45) is 0 Å². The minimum atomic E-state index is 0.128. The average Bonchev–Trinajstić information content (AvgIpc) is 2.89. The van der Waals surface area contributed by atoms with Crippen LogP contribution < -0.4 is 0 Å². The number of aliphatic hydroxyl groups excluding tert-OH is 1. The van der Waals surface area contributed by atoms with Crippen molar-refractivity contribution >= 4 is 11.3 Å². The fourth-order valence-electron chi connectivity index (χ4n) is 2.08. The molecule has 0 saturated carbocycles. The van der Waals surface area contributed by atoms with Crippen LogP contribution in [0.5, 0.6) is 0 Å². The molecule has 0 aliphatic carbocycles. The van der Waals surface area contributed by atoms with Crippen LogP contribution in [0.1, 0.15) is 28.0 Å². The lowest BCUT2D eigenvalue weighted by molar-refractivity contribution is 0.305. The van der Waals surface area contributed by atoms with Gasteiger partial charge in [0.25, 0.3) is 0 Å². The Hall–Kier alpha value is -1.60. The molecule has 0 spiro atoms. The Morgan fingerprint density at radius 3 is 2.67 bits per heavy atom. The molecule has 1 aromatic heterocycles. The highest BCUT2D eigenvalue weighted by molar-refractivity contribution is 7.10. The summed E-state index contributed by atoms with van der Waals surface area (Å²) in [6.07, 6.45) is 0.540. The van der Waals surface area contributed by atoms with Crippen molar-refractivity contribution in [2.75, 3.05) is 13.7 Å². The van der Waals surface area contributed by atoms with E-state index in [1.54, 1.807) is 11.3 Å². The van der Waals surface area contributed by atoms with E-state index < -0.39 is 0 Å². The zero-order valence-electron chi connectivity index (χ0n) is 12.6. The van der Waals surface area contributed by atoms with E-state index in [0.717, 1.165) is 18.7 Å². The molecule has 0 aliphatic rings. The third-order valence-electron chi connectivity index (χ3n) is 3.12. The number of rotatable bonds is 5. The monoisotopic (exact) mass is 299 g/mol. The van der Waals surface area contributed by atoms with Crippen molar-refractivity contribution in [3.8, 4) is 11.8 Å². The summed E-state index contributed by atoms with van der Waals surface area (Å²) >= 11 is 1.74. The van der Waals surface area contributed by atoms with Gasteiger partial charge in [0.15, 0.2) is 0 Å². The fraction of sp³-hybridized carbons (Fsp3) is 0.333. The number of thiophene rings is 1. The molecule has 2 rings (SSSR count). The van der Waals surface area contributed by atoms with Crippen LogP contribution in [-0.2, 0) is 13.1 Å². The van der Waals surface area contributed by atoms with Gasteiger partial charge in [-0.3, -0.25) is 4.90 Å². The SMILES string of the molecule is Cc1ccc(CN(C)Cc2cc(C#CCCO)cs2)cc1. The van der Waals surface area contributed by atoms with Gasteiger partial charge in [0, 0.05) is 35.3 Å². The number of benzene rings is 1. The Morgan fingerprint density at radius 1 is 1.19 bits per heavy atom. The lowest BCUT2D eigenvalue weighted by Crippen LogP contribution is -2.16. The normalized spacial score (nSPS) is 10.5. The summed E-state index contributed by atoms with van der Waals surface area (Å²) < 4.78 is 0. The van der Waals surface area contributed by atoms with Crippen molar-refractivity contribution in [3.05, 3.63) is 57.3 Å². The molecular weight excluding hydrogens is 278 g/mol. The molecule has 0 amide bonds. The van der Waals surface area contributed by atoms with Gasteiger partial charge >= 0.3 is 0 Å². The van der Waals surface area contributed by atoms with E-state index in [9.17, 15) is 0 Å². The summed E-state index contributed by atoms with van der Waals surface area (Å²) in [5.41, 5.74) is 3.68. The zero-order chi connectivity index (χ0) is 15.1. The number of hydrogen-bond donors (Lipinski definition) is 1. The van der Waals surface area contributed by atoms with E-state index in [4.69, 9.17) is 5.11 Å². The maximum Gasteiger partial charge on any atom is 0.0540 e. The molecule has 21 heavy (non-hydrogen) atoms. The van der Waals surface area contributed by atoms with Crippen LogP contribution in [0.2, 0.25) is 0 Å². The number of aliphatic hydroxyl groups is 1. The minimum absolute atomic E-state index is 0.128. The summed E-state index contributed by atoms with van der Waals surface area (Å²) in [5, 5.41) is 10.8. The van der Waals surface area contributed by atoms with Crippen molar-refractivity contribution in [3.63, 3.8) is 0 Å². The lowest BCUT2D eigenvalue weighted by atomic mass is 10.1. The Labute approximate surface area is 131 Å². The number of aryl methyl sites for hydroxylation is 1. The molecule has 110 valence electrons. The molecule has 0 unspecified atom stereocenters. The number of nitrogens with zero attached hydrogens (tertiary/aromatic N) is 1. The maximum absolute atomic E-state index is 8.72. The summed E-state index contributed by atoms with van der Waals surface area (Å²) in [6, 6.07) is 10.8. The summed E-state index contributed by atoms with van der Waals surface area (Å²) in [4.78, 5) is 3.62. The van der Waals surface area contributed by atoms with Crippen molar-refractivity contribution < 1.29 is 5.11 Å². The highest BCUT2D eigenvalue weighted by atomic mass is 32.1. The van der Waals surface area contributed by atoms with E-state index >= 15 is 0 Å². The van der Waals surface area contributed by atoms with Gasteiger partial charge in [-0.15, -0.1) is 11.3 Å². The third kappa shape index (κ3) is 5.35. The largest absolute Gasteiger partial charge is 0.395 e. The Balaban J connectivity index is 1.89. The first-order valence-electron chi connectivity index (χ1n) is 7.08. The predicted molar refractivity (Wildman–Crippen MR) is 89.2 cm³/mol. The topological polar surface area (TPSA) is 23.5 Å². The Kier molecular flexibility index (Phi) is 6.01. The highest BCUT2D eigenvalue weighted by Gasteiger charge is 2.04. The molecular formula is C18H21NOS. The van der Waals surface area contributed by atoms with E-state index in [1.807, 2.05) is 0 Å². The van der Waals surface area contributed by atoms with Crippen LogP contribution in [0.25, 0.3) is 0 Å². The van der Waals surface area contributed by atoms with Gasteiger partial charge in [-0.25, -0.2) is 0 Å². The average molecular weight is 299 g/mol. The minimum Gasteiger partial charge on any atom is -0.395 e. The highest BCUT2D eigenvalue weighted by Crippen LogP contribution is 2.17. The second-order valence-electron chi connectivity index (χ2n) is 5.23. The first-order valence-corrected chi connectivity index (χ1v) is 7.96. The van der Waals surface area contributed by atoms with Gasteiger partial charge in [-0.2, -0.15) is 0 Å². The molecule has 0 radical (unpaired) electrons. The molecule has 0 aliphatic heterocycles. The standard InChI is InChI=1S/C18H21NOS/c1-15-6-8-16(9-7-15)12-19(2)13-18-11-17(14-21-18)5-3-4-10-20/h6-9,11,14,20H,4,10,12-13H2,1-2H3. The number of hydrogen-bond acceptors (Lipinski definition) is 3. The van der Waals surface area contributed by atoms with Crippen LogP contribution in [-0.4, -0.2) is 23.7 Å². The van der Waals surface area contributed by atoms with E-state index in [-0.39, 0.29) is 6.61 Å². The summed E-state index contributed by atoms with van der Waals surface area (Å²) in [7, 11) is 2.14. The summed E-state index contributed by atoms with van der Waals surface area (Å²) in [6.45, 7) is 4.12. The Bertz CT molecular complexity index is 619. The molecule has 2 aromatic rings. The molecule has 0 saturated heterocycles. The van der Waals surface area contributed by atoms with Crippen LogP contribution >= 0.6 is 11.3 Å². The molecule has 1 N–H and O–H groups in total. The zero-order valence-corrected chi connectivity index (χ0v) is 13.4. The first kappa shape index (κ1) is 15.8.